The highest BCUT2D eigenvalue weighted by molar-refractivity contribution is 5.59. The molecule has 0 heterocycles. The van der Waals surface area contributed by atoms with Gasteiger partial charge in [-0.2, -0.15) is 18.4 Å². The summed E-state index contributed by atoms with van der Waals surface area (Å²) in [5.74, 6) is 0. The van der Waals surface area contributed by atoms with Crippen molar-refractivity contribution in [1.29, 1.82) is 5.26 Å². The third kappa shape index (κ3) is 3.40. The Bertz CT molecular complexity index is 482. The molecule has 0 bridgehead atoms. The molecule has 0 atom stereocenters. The van der Waals surface area contributed by atoms with Crippen molar-refractivity contribution in [2.75, 3.05) is 5.32 Å². The number of halogens is 3. The summed E-state index contributed by atoms with van der Waals surface area (Å²) < 4.78 is 38.0. The van der Waals surface area contributed by atoms with Gasteiger partial charge in [-0.25, -0.2) is 0 Å². The van der Waals surface area contributed by atoms with Gasteiger partial charge >= 0.3 is 6.18 Å². The van der Waals surface area contributed by atoms with Crippen molar-refractivity contribution in [3.63, 3.8) is 0 Å². The molecule has 1 N–H and O–H groups in total. The normalized spacial score (nSPS) is 16.9. The molecule has 0 radical (unpaired) electrons. The van der Waals surface area contributed by atoms with Gasteiger partial charge in [-0.05, 0) is 31.0 Å². The molecule has 1 saturated carbocycles. The van der Waals surface area contributed by atoms with Crippen LogP contribution in [0.5, 0.6) is 0 Å². The van der Waals surface area contributed by atoms with Crippen molar-refractivity contribution < 1.29 is 13.2 Å². The van der Waals surface area contributed by atoms with Crippen LogP contribution in [-0.4, -0.2) is 6.04 Å². The van der Waals surface area contributed by atoms with Crippen LogP contribution < -0.4 is 5.32 Å². The zero-order chi connectivity index (χ0) is 13.9. The summed E-state index contributed by atoms with van der Waals surface area (Å²) in [6.07, 6.45) is 0.849. The minimum absolute atomic E-state index is 0.171. The highest BCUT2D eigenvalue weighted by Gasteiger charge is 2.31. The second kappa shape index (κ2) is 5.52. The standard InChI is InChI=1S/C14H15F3N2/c15-14(16,17)11-7-6-10(9-18)13(8-11)19-12-4-2-1-3-5-12/h6-8,12,19H,1-5H2. The lowest BCUT2D eigenvalue weighted by atomic mass is 9.95. The molecule has 19 heavy (non-hydrogen) atoms. The molecular weight excluding hydrogens is 253 g/mol. The fourth-order valence-electron chi connectivity index (χ4n) is 2.40. The van der Waals surface area contributed by atoms with Crippen LogP contribution in [0.1, 0.15) is 43.2 Å². The maximum atomic E-state index is 12.7. The van der Waals surface area contributed by atoms with E-state index >= 15 is 0 Å². The molecule has 0 aliphatic heterocycles. The topological polar surface area (TPSA) is 35.8 Å². The average Bonchev–Trinajstić information content (AvgIpc) is 2.39. The molecule has 0 amide bonds. The summed E-state index contributed by atoms with van der Waals surface area (Å²) >= 11 is 0. The first kappa shape index (κ1) is 13.7. The van der Waals surface area contributed by atoms with E-state index in [4.69, 9.17) is 5.26 Å². The summed E-state index contributed by atoms with van der Waals surface area (Å²) in [5.41, 5.74) is -0.160. The number of hydrogen-bond acceptors (Lipinski definition) is 2. The van der Waals surface area contributed by atoms with Gasteiger partial charge in [-0.1, -0.05) is 19.3 Å². The van der Waals surface area contributed by atoms with Gasteiger partial charge < -0.3 is 5.32 Å². The predicted octanol–water partition coefficient (Wildman–Crippen LogP) is 4.32. The first-order chi connectivity index (χ1) is 9.00. The van der Waals surface area contributed by atoms with Crippen LogP contribution in [0.15, 0.2) is 18.2 Å². The smallest absolute Gasteiger partial charge is 0.381 e. The van der Waals surface area contributed by atoms with E-state index in [9.17, 15) is 13.2 Å². The number of nitrogens with zero attached hydrogens (tertiary/aromatic N) is 1. The SMILES string of the molecule is N#Cc1ccc(C(F)(F)F)cc1NC1CCCCC1. The van der Waals surface area contributed by atoms with Gasteiger partial charge in [0, 0.05) is 6.04 Å². The summed E-state index contributed by atoms with van der Waals surface area (Å²) in [7, 11) is 0. The minimum Gasteiger partial charge on any atom is -0.381 e. The molecular formula is C14H15F3N2. The lowest BCUT2D eigenvalue weighted by molar-refractivity contribution is -0.137. The van der Waals surface area contributed by atoms with E-state index in [2.05, 4.69) is 5.32 Å². The Morgan fingerprint density at radius 2 is 1.84 bits per heavy atom. The van der Waals surface area contributed by atoms with Crippen LogP contribution in [0.4, 0.5) is 18.9 Å². The van der Waals surface area contributed by atoms with Gasteiger partial charge in [-0.15, -0.1) is 0 Å². The maximum Gasteiger partial charge on any atom is 0.416 e. The molecule has 2 rings (SSSR count). The Hall–Kier alpha value is -1.70. The van der Waals surface area contributed by atoms with Gasteiger partial charge in [0.15, 0.2) is 0 Å². The van der Waals surface area contributed by atoms with Crippen molar-refractivity contribution in [2.24, 2.45) is 0 Å². The molecule has 2 nitrogen and oxygen atoms in total. The van der Waals surface area contributed by atoms with Crippen LogP contribution in [-0.2, 0) is 6.18 Å². The van der Waals surface area contributed by atoms with Crippen molar-refractivity contribution in [3.05, 3.63) is 29.3 Å². The summed E-state index contributed by atoms with van der Waals surface area (Å²) in [4.78, 5) is 0. The van der Waals surface area contributed by atoms with Gasteiger partial charge in [0.1, 0.15) is 6.07 Å². The largest absolute Gasteiger partial charge is 0.416 e. The highest BCUT2D eigenvalue weighted by atomic mass is 19.4. The van der Waals surface area contributed by atoms with Crippen molar-refractivity contribution in [2.45, 2.75) is 44.3 Å². The molecule has 5 heteroatoms. The summed E-state index contributed by atoms with van der Waals surface area (Å²) in [6.45, 7) is 0. The Labute approximate surface area is 110 Å². The molecule has 102 valence electrons. The number of nitriles is 1. The van der Waals surface area contributed by atoms with E-state index in [1.807, 2.05) is 6.07 Å². The monoisotopic (exact) mass is 268 g/mol. The Morgan fingerprint density at radius 3 is 2.42 bits per heavy atom. The fraction of sp³-hybridized carbons (Fsp3) is 0.500. The second-order valence-electron chi connectivity index (χ2n) is 4.85. The van der Waals surface area contributed by atoms with Crippen molar-refractivity contribution in [1.82, 2.24) is 0 Å². The van der Waals surface area contributed by atoms with Gasteiger partial charge in [0.2, 0.25) is 0 Å². The zero-order valence-electron chi connectivity index (χ0n) is 10.4. The van der Waals surface area contributed by atoms with Gasteiger partial charge in [-0.3, -0.25) is 0 Å². The second-order valence-corrected chi connectivity index (χ2v) is 4.85. The molecule has 1 aromatic rings. The van der Waals surface area contributed by atoms with E-state index < -0.39 is 11.7 Å². The zero-order valence-corrected chi connectivity index (χ0v) is 10.4. The van der Waals surface area contributed by atoms with Crippen molar-refractivity contribution in [3.8, 4) is 6.07 Å². The summed E-state index contributed by atoms with van der Waals surface area (Å²) in [6, 6.07) is 5.32. The molecule has 0 unspecified atom stereocenters. The number of rotatable bonds is 2. The molecule has 1 fully saturated rings. The van der Waals surface area contributed by atoms with Crippen LogP contribution in [0.2, 0.25) is 0 Å². The third-order valence-corrected chi connectivity index (χ3v) is 3.43. The van der Waals surface area contributed by atoms with E-state index in [-0.39, 0.29) is 11.6 Å². The first-order valence-corrected chi connectivity index (χ1v) is 6.38. The van der Waals surface area contributed by atoms with E-state index in [1.54, 1.807) is 0 Å². The quantitative estimate of drug-likeness (QED) is 0.867. The summed E-state index contributed by atoms with van der Waals surface area (Å²) in [5, 5.41) is 12.1. The minimum atomic E-state index is -4.38. The molecule has 1 aromatic carbocycles. The number of anilines is 1. The number of alkyl halides is 3. The first-order valence-electron chi connectivity index (χ1n) is 6.38. The van der Waals surface area contributed by atoms with E-state index in [1.165, 1.54) is 12.5 Å². The van der Waals surface area contributed by atoms with Gasteiger partial charge in [0.25, 0.3) is 0 Å². The molecule has 0 saturated heterocycles. The Kier molecular flexibility index (Phi) is 3.98. The average molecular weight is 268 g/mol. The van der Waals surface area contributed by atoms with Crippen LogP contribution >= 0.6 is 0 Å². The fourth-order valence-corrected chi connectivity index (χ4v) is 2.40. The lowest BCUT2D eigenvalue weighted by Gasteiger charge is -2.24. The number of nitrogens with one attached hydrogen (secondary N) is 1. The Morgan fingerprint density at radius 1 is 1.16 bits per heavy atom. The van der Waals surface area contributed by atoms with Crippen LogP contribution in [0.25, 0.3) is 0 Å². The number of benzene rings is 1. The molecule has 1 aliphatic carbocycles. The third-order valence-electron chi connectivity index (χ3n) is 3.43. The Balaban J connectivity index is 2.23. The highest BCUT2D eigenvalue weighted by Crippen LogP contribution is 2.33. The van der Waals surface area contributed by atoms with E-state index in [0.29, 0.717) is 5.69 Å². The van der Waals surface area contributed by atoms with Gasteiger partial charge in [0.05, 0.1) is 16.8 Å². The lowest BCUT2D eigenvalue weighted by Crippen LogP contribution is -2.23. The predicted molar refractivity (Wildman–Crippen MR) is 66.7 cm³/mol. The van der Waals surface area contributed by atoms with Crippen LogP contribution in [0, 0.1) is 11.3 Å². The molecule has 0 spiro atoms. The molecule has 0 aromatic heterocycles. The van der Waals surface area contributed by atoms with Crippen LogP contribution in [0.3, 0.4) is 0 Å². The maximum absolute atomic E-state index is 12.7. The number of hydrogen-bond donors (Lipinski definition) is 1. The van der Waals surface area contributed by atoms with Crippen molar-refractivity contribution >= 4 is 5.69 Å². The van der Waals surface area contributed by atoms with E-state index in [0.717, 1.165) is 37.8 Å². The molecule has 1 aliphatic rings.